The zero-order valence-corrected chi connectivity index (χ0v) is 15.0. The highest BCUT2D eigenvalue weighted by Gasteiger charge is 2.82. The van der Waals surface area contributed by atoms with Crippen molar-refractivity contribution in [2.24, 2.45) is 16.7 Å². The van der Waals surface area contributed by atoms with Gasteiger partial charge in [0, 0.05) is 18.8 Å². The predicted octanol–water partition coefficient (Wildman–Crippen LogP) is 2.86. The van der Waals surface area contributed by atoms with Gasteiger partial charge in [0.05, 0.1) is 13.2 Å². The first kappa shape index (κ1) is 16.7. The molecule has 1 spiro atoms. The van der Waals surface area contributed by atoms with E-state index in [4.69, 9.17) is 14.2 Å². The molecule has 0 aromatic heterocycles. The van der Waals surface area contributed by atoms with Crippen LogP contribution in [0.15, 0.2) is 0 Å². The summed E-state index contributed by atoms with van der Waals surface area (Å²) in [6.07, 6.45) is 3.57. The quantitative estimate of drug-likeness (QED) is 0.577. The lowest BCUT2D eigenvalue weighted by Crippen LogP contribution is -2.66. The number of hydrogen-bond acceptors (Lipinski definition) is 5. The van der Waals surface area contributed by atoms with Gasteiger partial charge >= 0.3 is 11.9 Å². The highest BCUT2D eigenvalue weighted by atomic mass is 16.6. The average Bonchev–Trinajstić information content (AvgIpc) is 3.11. The maximum absolute atomic E-state index is 12.7. The normalized spacial score (nSPS) is 47.0. The van der Waals surface area contributed by atoms with Crippen molar-refractivity contribution in [2.75, 3.05) is 7.11 Å². The molecule has 0 radical (unpaired) electrons. The molecule has 5 nitrogen and oxygen atoms in total. The lowest BCUT2D eigenvalue weighted by Gasteiger charge is -2.58. The third-order valence-corrected chi connectivity index (χ3v) is 6.73. The van der Waals surface area contributed by atoms with Gasteiger partial charge in [-0.15, -0.1) is 0 Å². The Morgan fingerprint density at radius 1 is 1.13 bits per heavy atom. The molecule has 2 aliphatic carbocycles. The van der Waals surface area contributed by atoms with Crippen LogP contribution in [0.4, 0.5) is 0 Å². The second-order valence-electron chi connectivity index (χ2n) is 8.56. The number of methoxy groups -OCH3 is 1. The van der Waals surface area contributed by atoms with Crippen LogP contribution in [-0.4, -0.2) is 36.4 Å². The minimum atomic E-state index is -0.883. The Morgan fingerprint density at radius 3 is 2.35 bits per heavy atom. The minimum absolute atomic E-state index is 0.00546. The third kappa shape index (κ3) is 1.95. The molecule has 1 heterocycles. The molecule has 1 aliphatic heterocycles. The van der Waals surface area contributed by atoms with Crippen molar-refractivity contribution in [3.05, 3.63) is 0 Å². The fourth-order valence-electron chi connectivity index (χ4n) is 6.09. The topological polar surface area (TPSA) is 65.1 Å². The molecule has 3 aliphatic rings. The van der Waals surface area contributed by atoms with Crippen molar-refractivity contribution in [3.63, 3.8) is 0 Å². The van der Waals surface area contributed by atoms with Gasteiger partial charge in [0.2, 0.25) is 0 Å². The largest absolute Gasteiger partial charge is 0.469 e. The predicted molar refractivity (Wildman–Crippen MR) is 83.6 cm³/mol. The van der Waals surface area contributed by atoms with Crippen molar-refractivity contribution in [2.45, 2.75) is 77.6 Å². The van der Waals surface area contributed by atoms with E-state index in [0.29, 0.717) is 6.42 Å². The van der Waals surface area contributed by atoms with Crippen molar-refractivity contribution in [1.82, 2.24) is 0 Å². The molecule has 3 rings (SSSR count). The highest BCUT2D eigenvalue weighted by Crippen LogP contribution is 2.74. The molecule has 5 atom stereocenters. The summed E-state index contributed by atoms with van der Waals surface area (Å²) >= 11 is 0. The Kier molecular flexibility index (Phi) is 3.43. The number of ether oxygens (including phenoxy) is 3. The molecular weight excluding hydrogens is 296 g/mol. The van der Waals surface area contributed by atoms with Gasteiger partial charge in [0.15, 0.2) is 0 Å². The van der Waals surface area contributed by atoms with E-state index >= 15 is 0 Å². The van der Waals surface area contributed by atoms with E-state index in [0.717, 1.165) is 19.3 Å². The van der Waals surface area contributed by atoms with Crippen LogP contribution in [0, 0.1) is 16.7 Å². The Bertz CT molecular complexity index is 556. The summed E-state index contributed by atoms with van der Waals surface area (Å²) in [4.78, 5) is 24.4. The van der Waals surface area contributed by atoms with Gasteiger partial charge in [-0.2, -0.15) is 0 Å². The summed E-state index contributed by atoms with van der Waals surface area (Å²) < 4.78 is 17.1. The van der Waals surface area contributed by atoms with Gasteiger partial charge < -0.3 is 14.2 Å². The van der Waals surface area contributed by atoms with Crippen LogP contribution in [0.5, 0.6) is 0 Å². The van der Waals surface area contributed by atoms with Gasteiger partial charge in [-0.1, -0.05) is 27.2 Å². The standard InChI is InChI=1S/C18H28O5/c1-11(19)22-17(5)10-12-18(23-12)15(2,3)8-7-9-16(18,4)13(17)14(20)21-6/h12-13H,7-10H2,1-6H3/t12-,13+,16+,17+,18+/m0/s1. The van der Waals surface area contributed by atoms with Gasteiger partial charge in [0.25, 0.3) is 0 Å². The summed E-state index contributed by atoms with van der Waals surface area (Å²) in [5.74, 6) is -1.18. The fraction of sp³-hybridized carbons (Fsp3) is 0.889. The Morgan fingerprint density at radius 2 is 1.78 bits per heavy atom. The van der Waals surface area contributed by atoms with Crippen LogP contribution >= 0.6 is 0 Å². The first-order valence-electron chi connectivity index (χ1n) is 8.49. The molecule has 0 N–H and O–H groups in total. The molecule has 0 aromatic carbocycles. The molecule has 23 heavy (non-hydrogen) atoms. The Balaban J connectivity index is 2.11. The van der Waals surface area contributed by atoms with Crippen LogP contribution in [-0.2, 0) is 23.8 Å². The van der Waals surface area contributed by atoms with Crippen molar-refractivity contribution < 1.29 is 23.8 Å². The van der Waals surface area contributed by atoms with Crippen LogP contribution in [0.3, 0.4) is 0 Å². The summed E-state index contributed by atoms with van der Waals surface area (Å²) in [5, 5.41) is 0. The van der Waals surface area contributed by atoms with E-state index in [9.17, 15) is 9.59 Å². The lowest BCUT2D eigenvalue weighted by molar-refractivity contribution is -0.201. The van der Waals surface area contributed by atoms with Gasteiger partial charge in [-0.3, -0.25) is 9.59 Å². The van der Waals surface area contributed by atoms with Gasteiger partial charge in [-0.05, 0) is 25.2 Å². The van der Waals surface area contributed by atoms with Crippen molar-refractivity contribution >= 4 is 11.9 Å². The van der Waals surface area contributed by atoms with Crippen LogP contribution in [0.25, 0.3) is 0 Å². The SMILES string of the molecule is COC(=O)[C@H]1[C@](C)(OC(C)=O)C[C@@H]2O[C@@]23C(C)(C)CCC[C@]13C. The number of epoxide rings is 1. The molecule has 1 saturated heterocycles. The van der Waals surface area contributed by atoms with E-state index in [1.807, 2.05) is 6.92 Å². The summed E-state index contributed by atoms with van der Waals surface area (Å²) in [6.45, 7) is 9.83. The van der Waals surface area contributed by atoms with Crippen LogP contribution in [0.1, 0.15) is 60.3 Å². The molecule has 2 saturated carbocycles. The number of esters is 2. The van der Waals surface area contributed by atoms with E-state index in [1.165, 1.54) is 14.0 Å². The molecule has 0 unspecified atom stereocenters. The highest BCUT2D eigenvalue weighted by molar-refractivity contribution is 5.77. The fourth-order valence-corrected chi connectivity index (χ4v) is 6.09. The van der Waals surface area contributed by atoms with Gasteiger partial charge in [0.1, 0.15) is 17.1 Å². The van der Waals surface area contributed by atoms with Crippen LogP contribution < -0.4 is 0 Å². The molecular formula is C18H28O5. The third-order valence-electron chi connectivity index (χ3n) is 6.73. The first-order valence-corrected chi connectivity index (χ1v) is 8.49. The zero-order chi connectivity index (χ0) is 17.3. The monoisotopic (exact) mass is 324 g/mol. The number of carbonyl (C=O) groups excluding carboxylic acids is 2. The second-order valence-corrected chi connectivity index (χ2v) is 8.56. The lowest BCUT2D eigenvalue weighted by atomic mass is 9.45. The summed E-state index contributed by atoms with van der Waals surface area (Å²) in [7, 11) is 1.40. The molecule has 3 fully saturated rings. The number of carbonyl (C=O) groups is 2. The number of hydrogen-bond donors (Lipinski definition) is 0. The minimum Gasteiger partial charge on any atom is -0.469 e. The van der Waals surface area contributed by atoms with Crippen LogP contribution in [0.2, 0.25) is 0 Å². The molecule has 0 bridgehead atoms. The Hall–Kier alpha value is -1.10. The van der Waals surface area contributed by atoms with Gasteiger partial charge in [-0.25, -0.2) is 0 Å². The van der Waals surface area contributed by atoms with E-state index < -0.39 is 16.9 Å². The van der Waals surface area contributed by atoms with Crippen molar-refractivity contribution in [3.8, 4) is 0 Å². The Labute approximate surface area is 138 Å². The summed E-state index contributed by atoms with van der Waals surface area (Å²) in [5.41, 5.74) is -1.61. The second kappa shape index (κ2) is 4.71. The van der Waals surface area contributed by atoms with E-state index in [2.05, 4.69) is 20.8 Å². The maximum atomic E-state index is 12.7. The molecule has 0 aromatic rings. The first-order chi connectivity index (χ1) is 10.5. The van der Waals surface area contributed by atoms with Crippen molar-refractivity contribution in [1.29, 1.82) is 0 Å². The maximum Gasteiger partial charge on any atom is 0.313 e. The van der Waals surface area contributed by atoms with E-state index in [-0.39, 0.29) is 29.1 Å². The van der Waals surface area contributed by atoms with E-state index in [1.54, 1.807) is 0 Å². The smallest absolute Gasteiger partial charge is 0.313 e. The molecule has 5 heteroatoms. The zero-order valence-electron chi connectivity index (χ0n) is 15.0. The summed E-state index contributed by atoms with van der Waals surface area (Å²) in [6, 6.07) is 0. The number of rotatable bonds is 2. The molecule has 0 amide bonds. The molecule has 130 valence electrons. The average molecular weight is 324 g/mol.